The largest absolute Gasteiger partial charge is 0.392 e. The first-order valence-electron chi connectivity index (χ1n) is 6.81. The molecule has 0 amide bonds. The third kappa shape index (κ3) is 4.40. The van der Waals surface area contributed by atoms with Crippen molar-refractivity contribution < 1.29 is 5.11 Å². The van der Waals surface area contributed by atoms with Gasteiger partial charge in [-0.05, 0) is 38.8 Å². The fraction of sp³-hybridized carbons (Fsp3) is 1.00. The Morgan fingerprint density at radius 3 is 2.75 bits per heavy atom. The number of aliphatic hydroxyl groups excluding tert-OH is 1. The molecular weight excluding hydrogens is 200 g/mol. The quantitative estimate of drug-likeness (QED) is 0.722. The molecular formula is C13H28N2O. The Morgan fingerprint density at radius 1 is 1.44 bits per heavy atom. The Labute approximate surface area is 100 Å². The zero-order valence-corrected chi connectivity index (χ0v) is 11.1. The first kappa shape index (κ1) is 13.9. The molecule has 1 fully saturated rings. The third-order valence-corrected chi connectivity index (χ3v) is 3.52. The van der Waals surface area contributed by atoms with Crippen LogP contribution >= 0.6 is 0 Å². The van der Waals surface area contributed by atoms with Gasteiger partial charge in [-0.25, -0.2) is 0 Å². The maximum Gasteiger partial charge on any atom is 0.0639 e. The van der Waals surface area contributed by atoms with Crippen LogP contribution in [0.3, 0.4) is 0 Å². The van der Waals surface area contributed by atoms with E-state index in [1.165, 1.54) is 19.3 Å². The van der Waals surface area contributed by atoms with Crippen LogP contribution in [-0.2, 0) is 0 Å². The molecule has 0 aromatic heterocycles. The van der Waals surface area contributed by atoms with E-state index < -0.39 is 0 Å². The Bertz CT molecular complexity index is 185. The second-order valence-electron chi connectivity index (χ2n) is 5.13. The maximum atomic E-state index is 9.41. The molecule has 2 N–H and O–H groups in total. The molecule has 3 atom stereocenters. The number of β-amino-alcohol motifs (C(OH)–C–C–N with tert-alkyl or cyclic N) is 1. The van der Waals surface area contributed by atoms with Gasteiger partial charge in [0.1, 0.15) is 0 Å². The van der Waals surface area contributed by atoms with E-state index in [-0.39, 0.29) is 6.10 Å². The summed E-state index contributed by atoms with van der Waals surface area (Å²) in [6.07, 6.45) is 3.48. The number of rotatable bonds is 6. The lowest BCUT2D eigenvalue weighted by Gasteiger charge is -2.39. The summed E-state index contributed by atoms with van der Waals surface area (Å²) in [5.41, 5.74) is 0. The number of likely N-dealkylation sites (tertiary alicyclic amines) is 1. The number of hydrogen-bond acceptors (Lipinski definition) is 3. The van der Waals surface area contributed by atoms with E-state index in [0.29, 0.717) is 6.04 Å². The summed E-state index contributed by atoms with van der Waals surface area (Å²) in [6, 6.07) is 0.690. The van der Waals surface area contributed by atoms with Crippen LogP contribution in [0, 0.1) is 5.92 Å². The van der Waals surface area contributed by atoms with Gasteiger partial charge in [-0.3, -0.25) is 0 Å². The smallest absolute Gasteiger partial charge is 0.0639 e. The fourth-order valence-corrected chi connectivity index (χ4v) is 2.66. The van der Waals surface area contributed by atoms with E-state index >= 15 is 0 Å². The minimum atomic E-state index is -0.197. The highest BCUT2D eigenvalue weighted by Gasteiger charge is 2.27. The monoisotopic (exact) mass is 228 g/mol. The van der Waals surface area contributed by atoms with Gasteiger partial charge in [0.15, 0.2) is 0 Å². The zero-order chi connectivity index (χ0) is 12.0. The molecule has 96 valence electrons. The minimum absolute atomic E-state index is 0.197. The van der Waals surface area contributed by atoms with Crippen molar-refractivity contribution in [2.45, 2.75) is 52.2 Å². The highest BCUT2D eigenvalue weighted by Crippen LogP contribution is 2.20. The van der Waals surface area contributed by atoms with Crippen molar-refractivity contribution in [1.82, 2.24) is 10.2 Å². The average Bonchev–Trinajstić information content (AvgIpc) is 2.26. The second kappa shape index (κ2) is 7.25. The van der Waals surface area contributed by atoms with Gasteiger partial charge in [-0.15, -0.1) is 0 Å². The van der Waals surface area contributed by atoms with E-state index in [0.717, 1.165) is 32.1 Å². The summed E-state index contributed by atoms with van der Waals surface area (Å²) in [7, 11) is 0. The van der Waals surface area contributed by atoms with Crippen molar-refractivity contribution in [3.63, 3.8) is 0 Å². The molecule has 0 bridgehead atoms. The van der Waals surface area contributed by atoms with Gasteiger partial charge in [-0.2, -0.15) is 0 Å². The molecule has 0 aliphatic carbocycles. The predicted molar refractivity (Wildman–Crippen MR) is 68.6 cm³/mol. The van der Waals surface area contributed by atoms with E-state index in [1.807, 2.05) is 6.92 Å². The van der Waals surface area contributed by atoms with Gasteiger partial charge >= 0.3 is 0 Å². The van der Waals surface area contributed by atoms with Crippen molar-refractivity contribution in [2.24, 2.45) is 5.92 Å². The van der Waals surface area contributed by atoms with Crippen LogP contribution in [0.2, 0.25) is 0 Å². The number of piperidine rings is 1. The molecule has 0 radical (unpaired) electrons. The molecule has 1 aliphatic rings. The first-order valence-corrected chi connectivity index (χ1v) is 6.81. The molecule has 3 heteroatoms. The Morgan fingerprint density at radius 2 is 2.19 bits per heavy atom. The molecule has 1 aliphatic heterocycles. The summed E-state index contributed by atoms with van der Waals surface area (Å²) < 4.78 is 0. The summed E-state index contributed by atoms with van der Waals surface area (Å²) in [5, 5.41) is 13.1. The lowest BCUT2D eigenvalue weighted by molar-refractivity contribution is 0.0786. The van der Waals surface area contributed by atoms with Crippen LogP contribution < -0.4 is 5.32 Å². The summed E-state index contributed by atoms with van der Waals surface area (Å²) in [4.78, 5) is 2.41. The van der Waals surface area contributed by atoms with E-state index in [4.69, 9.17) is 0 Å². The highest BCUT2D eigenvalue weighted by molar-refractivity contribution is 4.84. The molecule has 0 saturated carbocycles. The maximum absolute atomic E-state index is 9.41. The third-order valence-electron chi connectivity index (χ3n) is 3.52. The molecule has 3 unspecified atom stereocenters. The first-order chi connectivity index (χ1) is 7.67. The van der Waals surface area contributed by atoms with Crippen LogP contribution in [0.25, 0.3) is 0 Å². The standard InChI is InChI=1S/C13H28N2O/c1-4-7-14-13-6-8-15(9-11(3)16)10-12(13)5-2/h11-14,16H,4-10H2,1-3H3. The van der Waals surface area contributed by atoms with Gasteiger partial charge < -0.3 is 15.3 Å². The van der Waals surface area contributed by atoms with Crippen LogP contribution in [0.1, 0.15) is 40.0 Å². The van der Waals surface area contributed by atoms with Gasteiger partial charge in [0, 0.05) is 19.1 Å². The lowest BCUT2D eigenvalue weighted by Crippen LogP contribution is -2.50. The molecule has 1 saturated heterocycles. The average molecular weight is 228 g/mol. The number of aliphatic hydroxyl groups is 1. The molecule has 0 spiro atoms. The van der Waals surface area contributed by atoms with Gasteiger partial charge in [0.05, 0.1) is 6.10 Å². The molecule has 1 heterocycles. The van der Waals surface area contributed by atoms with Crippen molar-refractivity contribution in [1.29, 1.82) is 0 Å². The Hall–Kier alpha value is -0.120. The predicted octanol–water partition coefficient (Wildman–Crippen LogP) is 1.47. The SMILES string of the molecule is CCCNC1CCN(CC(C)O)CC1CC. The Kier molecular flexibility index (Phi) is 6.32. The van der Waals surface area contributed by atoms with Crippen molar-refractivity contribution in [3.05, 3.63) is 0 Å². The number of nitrogens with one attached hydrogen (secondary N) is 1. The molecule has 0 aromatic carbocycles. The van der Waals surface area contributed by atoms with Gasteiger partial charge in [-0.1, -0.05) is 20.3 Å². The van der Waals surface area contributed by atoms with Crippen LogP contribution in [0.5, 0.6) is 0 Å². The fourth-order valence-electron chi connectivity index (χ4n) is 2.66. The van der Waals surface area contributed by atoms with Gasteiger partial charge in [0.25, 0.3) is 0 Å². The number of nitrogens with zero attached hydrogens (tertiary/aromatic N) is 1. The van der Waals surface area contributed by atoms with E-state index in [1.54, 1.807) is 0 Å². The van der Waals surface area contributed by atoms with Gasteiger partial charge in [0.2, 0.25) is 0 Å². The molecule has 1 rings (SSSR count). The summed E-state index contributed by atoms with van der Waals surface area (Å²) in [5.74, 6) is 0.749. The van der Waals surface area contributed by atoms with Crippen molar-refractivity contribution in [2.75, 3.05) is 26.2 Å². The minimum Gasteiger partial charge on any atom is -0.392 e. The van der Waals surface area contributed by atoms with Crippen molar-refractivity contribution in [3.8, 4) is 0 Å². The normalized spacial score (nSPS) is 29.2. The van der Waals surface area contributed by atoms with E-state index in [9.17, 15) is 5.11 Å². The topological polar surface area (TPSA) is 35.5 Å². The van der Waals surface area contributed by atoms with E-state index in [2.05, 4.69) is 24.1 Å². The highest BCUT2D eigenvalue weighted by atomic mass is 16.3. The Balaban J connectivity index is 2.37. The number of hydrogen-bond donors (Lipinski definition) is 2. The van der Waals surface area contributed by atoms with Crippen LogP contribution in [0.4, 0.5) is 0 Å². The molecule has 3 nitrogen and oxygen atoms in total. The van der Waals surface area contributed by atoms with Crippen LogP contribution in [-0.4, -0.2) is 48.3 Å². The summed E-state index contributed by atoms with van der Waals surface area (Å²) >= 11 is 0. The lowest BCUT2D eigenvalue weighted by atomic mass is 9.89. The summed E-state index contributed by atoms with van der Waals surface area (Å²) in [6.45, 7) is 10.6. The molecule has 16 heavy (non-hydrogen) atoms. The van der Waals surface area contributed by atoms with Crippen LogP contribution in [0.15, 0.2) is 0 Å². The molecule has 0 aromatic rings. The zero-order valence-electron chi connectivity index (χ0n) is 11.1. The second-order valence-corrected chi connectivity index (χ2v) is 5.13. The van der Waals surface area contributed by atoms with Crippen molar-refractivity contribution >= 4 is 0 Å².